The molecule has 1 saturated carbocycles. The molecule has 1 aliphatic heterocycles. The first-order valence-electron chi connectivity index (χ1n) is 18.0. The number of hydrogen-bond donors (Lipinski definition) is 2. The van der Waals surface area contributed by atoms with Crippen LogP contribution in [0.4, 0.5) is 0 Å². The zero-order valence-corrected chi connectivity index (χ0v) is 27.4. The minimum atomic E-state index is -0.399. The summed E-state index contributed by atoms with van der Waals surface area (Å²) in [6.07, 6.45) is 29.1. The monoisotopic (exact) mass is 594 g/mol. The molecule has 1 aliphatic carbocycles. The van der Waals surface area contributed by atoms with Crippen molar-refractivity contribution < 1.29 is 29.2 Å². The van der Waals surface area contributed by atoms with Gasteiger partial charge in [0, 0.05) is 5.57 Å². The predicted octanol–water partition coefficient (Wildman–Crippen LogP) is 8.75. The Kier molecular flexibility index (Phi) is 21.6. The maximum atomic E-state index is 11.6. The Morgan fingerprint density at radius 2 is 1.14 bits per heavy atom. The molecule has 2 N–H and O–H groups in total. The summed E-state index contributed by atoms with van der Waals surface area (Å²) in [5.41, 5.74) is 0.867. The van der Waals surface area contributed by atoms with Crippen LogP contribution in [0.25, 0.3) is 0 Å². The maximum absolute atomic E-state index is 11.6. The normalized spacial score (nSPS) is 22.0. The van der Waals surface area contributed by atoms with E-state index >= 15 is 0 Å². The summed E-state index contributed by atoms with van der Waals surface area (Å²) in [5.74, 6) is -0.119. The second-order valence-electron chi connectivity index (χ2n) is 13.1. The Bertz CT molecular complexity index is 694. The molecule has 0 aromatic carbocycles. The Morgan fingerprint density at radius 3 is 1.57 bits per heavy atom. The summed E-state index contributed by atoms with van der Waals surface area (Å²) in [6, 6.07) is 0. The molecule has 0 aromatic rings. The molecule has 0 radical (unpaired) electrons. The van der Waals surface area contributed by atoms with Gasteiger partial charge in [0.05, 0.1) is 37.6 Å². The number of carbonyl (C=O) groups excluding carboxylic acids is 1. The number of carbonyl (C=O) groups is 1. The first-order valence-corrected chi connectivity index (χ1v) is 18.0. The van der Waals surface area contributed by atoms with Gasteiger partial charge < -0.3 is 24.4 Å². The summed E-state index contributed by atoms with van der Waals surface area (Å²) >= 11 is 0. The van der Waals surface area contributed by atoms with Gasteiger partial charge in [-0.15, -0.1) is 0 Å². The van der Waals surface area contributed by atoms with Crippen LogP contribution in [0.3, 0.4) is 0 Å². The van der Waals surface area contributed by atoms with Crippen molar-refractivity contribution in [2.24, 2.45) is 0 Å². The molecule has 0 aromatic heterocycles. The third-order valence-electron chi connectivity index (χ3n) is 9.01. The lowest BCUT2D eigenvalue weighted by atomic mass is 10.0. The van der Waals surface area contributed by atoms with Gasteiger partial charge in [-0.25, -0.2) is 4.79 Å². The molecule has 1 heterocycles. The fourth-order valence-electron chi connectivity index (χ4n) is 6.35. The van der Waals surface area contributed by atoms with E-state index in [-0.39, 0.29) is 30.4 Å². The second kappa shape index (κ2) is 24.4. The minimum absolute atomic E-state index is 0.0470. The van der Waals surface area contributed by atoms with Gasteiger partial charge in [0.25, 0.3) is 0 Å². The number of cyclic esters (lactones) is 1. The number of esters is 1. The zero-order valence-electron chi connectivity index (χ0n) is 27.4. The Labute approximate surface area is 258 Å². The third-order valence-corrected chi connectivity index (χ3v) is 9.01. The topological polar surface area (TPSA) is 85.2 Å². The smallest absolute Gasteiger partial charge is 0.334 e. The maximum Gasteiger partial charge on any atom is 0.334 e. The van der Waals surface area contributed by atoms with E-state index in [9.17, 15) is 15.0 Å². The van der Waals surface area contributed by atoms with E-state index in [4.69, 9.17) is 14.2 Å². The van der Waals surface area contributed by atoms with E-state index in [1.54, 1.807) is 0 Å². The van der Waals surface area contributed by atoms with Crippen LogP contribution < -0.4 is 0 Å². The number of aliphatic hydroxyl groups excluding tert-OH is 2. The van der Waals surface area contributed by atoms with Crippen LogP contribution in [0.5, 0.6) is 0 Å². The first kappa shape index (κ1) is 37.2. The van der Waals surface area contributed by atoms with Crippen molar-refractivity contribution in [3.05, 3.63) is 11.6 Å². The van der Waals surface area contributed by atoms with E-state index < -0.39 is 6.10 Å². The molecule has 0 amide bonds. The predicted molar refractivity (Wildman–Crippen MR) is 172 cm³/mol. The van der Waals surface area contributed by atoms with Crippen LogP contribution in [0, 0.1) is 0 Å². The molecule has 0 saturated heterocycles. The highest BCUT2D eigenvalue weighted by Crippen LogP contribution is 2.26. The lowest BCUT2D eigenvalue weighted by molar-refractivity contribution is -0.139. The molecule has 6 nitrogen and oxygen atoms in total. The Morgan fingerprint density at radius 1 is 0.714 bits per heavy atom. The average Bonchev–Trinajstić information content (AvgIpc) is 3.56. The standard InChI is InChI=1S/C36H66O6/c1-3-4-5-6-7-13-16-19-23-32(37)28-40-34-25-21-26-35(34)41-29-33(38)24-20-17-14-11-9-8-10-12-15-18-22-31-27-30(2)42-36(31)39/h27,30,32-35,37-38H,3-26,28-29H2,1-2H3/t30-,32+,33+,34-,35+/m0/s1. The number of rotatable bonds is 28. The number of aliphatic hydroxyl groups is 2. The lowest BCUT2D eigenvalue weighted by Gasteiger charge is -2.23. The van der Waals surface area contributed by atoms with E-state index in [0.717, 1.165) is 63.4 Å². The molecule has 246 valence electrons. The number of ether oxygens (including phenoxy) is 3. The van der Waals surface area contributed by atoms with Crippen molar-refractivity contribution in [1.29, 1.82) is 0 Å². The SMILES string of the molecule is CCCCCCCCCC[C@@H](O)CO[C@H]1CCC[C@H]1OC[C@H](O)CCCCCCCCCCCCC1=C[C@H](C)OC1=O. The fraction of sp³-hybridized carbons (Fsp3) is 0.917. The molecule has 0 bridgehead atoms. The Balaban J connectivity index is 1.36. The van der Waals surface area contributed by atoms with Gasteiger partial charge in [-0.2, -0.15) is 0 Å². The van der Waals surface area contributed by atoms with Gasteiger partial charge in [-0.1, -0.05) is 116 Å². The largest absolute Gasteiger partial charge is 0.455 e. The van der Waals surface area contributed by atoms with Crippen molar-refractivity contribution in [3.63, 3.8) is 0 Å². The van der Waals surface area contributed by atoms with Crippen molar-refractivity contribution in [2.75, 3.05) is 13.2 Å². The van der Waals surface area contributed by atoms with Gasteiger partial charge in [-0.05, 0) is 57.9 Å². The molecule has 0 spiro atoms. The van der Waals surface area contributed by atoms with Crippen molar-refractivity contribution in [2.45, 2.75) is 198 Å². The molecule has 42 heavy (non-hydrogen) atoms. The molecule has 2 aliphatic rings. The first-order chi connectivity index (χ1) is 20.5. The van der Waals surface area contributed by atoms with Gasteiger partial charge in [0.1, 0.15) is 6.10 Å². The van der Waals surface area contributed by atoms with Crippen molar-refractivity contribution in [3.8, 4) is 0 Å². The van der Waals surface area contributed by atoms with Crippen LogP contribution >= 0.6 is 0 Å². The van der Waals surface area contributed by atoms with Crippen LogP contribution in [0.1, 0.15) is 168 Å². The quantitative estimate of drug-likeness (QED) is 0.0696. The fourth-order valence-corrected chi connectivity index (χ4v) is 6.35. The van der Waals surface area contributed by atoms with Crippen LogP contribution in [-0.2, 0) is 19.0 Å². The molecule has 6 heteroatoms. The van der Waals surface area contributed by atoms with Crippen LogP contribution in [0.2, 0.25) is 0 Å². The van der Waals surface area contributed by atoms with Crippen molar-refractivity contribution >= 4 is 5.97 Å². The van der Waals surface area contributed by atoms with Gasteiger partial charge in [0.15, 0.2) is 0 Å². The molecular formula is C36H66O6. The molecule has 5 atom stereocenters. The highest BCUT2D eigenvalue weighted by atomic mass is 16.6. The van der Waals surface area contributed by atoms with E-state index in [1.807, 2.05) is 13.0 Å². The highest BCUT2D eigenvalue weighted by Gasteiger charge is 2.30. The van der Waals surface area contributed by atoms with Gasteiger partial charge in [-0.3, -0.25) is 0 Å². The molecule has 1 fully saturated rings. The van der Waals surface area contributed by atoms with E-state index in [2.05, 4.69) is 6.92 Å². The third kappa shape index (κ3) is 18.0. The van der Waals surface area contributed by atoms with Crippen molar-refractivity contribution in [1.82, 2.24) is 0 Å². The van der Waals surface area contributed by atoms with Crippen LogP contribution in [-0.4, -0.2) is 59.9 Å². The molecule has 2 rings (SSSR count). The van der Waals surface area contributed by atoms with E-state index in [1.165, 1.54) is 96.3 Å². The summed E-state index contributed by atoms with van der Waals surface area (Å²) < 4.78 is 17.3. The lowest BCUT2D eigenvalue weighted by Crippen LogP contribution is -2.32. The average molecular weight is 595 g/mol. The number of hydrogen-bond acceptors (Lipinski definition) is 6. The molecule has 0 unspecified atom stereocenters. The van der Waals surface area contributed by atoms with Crippen LogP contribution in [0.15, 0.2) is 11.6 Å². The summed E-state index contributed by atoms with van der Waals surface area (Å²) in [5, 5.41) is 20.8. The summed E-state index contributed by atoms with van der Waals surface area (Å²) in [6.45, 7) is 4.96. The second-order valence-corrected chi connectivity index (χ2v) is 13.1. The molecular weight excluding hydrogens is 528 g/mol. The Hall–Kier alpha value is -0.950. The summed E-state index contributed by atoms with van der Waals surface area (Å²) in [4.78, 5) is 11.6. The highest BCUT2D eigenvalue weighted by molar-refractivity contribution is 5.90. The zero-order chi connectivity index (χ0) is 30.3. The van der Waals surface area contributed by atoms with Gasteiger partial charge >= 0.3 is 5.97 Å². The number of unbranched alkanes of at least 4 members (excludes halogenated alkanes) is 16. The van der Waals surface area contributed by atoms with E-state index in [0.29, 0.717) is 13.2 Å². The minimum Gasteiger partial charge on any atom is -0.455 e. The summed E-state index contributed by atoms with van der Waals surface area (Å²) in [7, 11) is 0. The van der Waals surface area contributed by atoms with Gasteiger partial charge in [0.2, 0.25) is 0 Å².